The largest absolute Gasteiger partial charge is 0.481 e. The molecule has 2 aliphatic rings. The van der Waals surface area contributed by atoms with E-state index in [0.717, 1.165) is 43.1 Å². The average molecular weight is 405 g/mol. The molecule has 0 saturated heterocycles. The Hall–Kier alpha value is -2.95. The molecule has 5 nitrogen and oxygen atoms in total. The Kier molecular flexibility index (Phi) is 5.71. The highest BCUT2D eigenvalue weighted by Crippen LogP contribution is 2.48. The number of rotatable bonds is 8. The van der Waals surface area contributed by atoms with E-state index < -0.39 is 11.4 Å². The van der Waals surface area contributed by atoms with Gasteiger partial charge in [0.15, 0.2) is 0 Å². The van der Waals surface area contributed by atoms with Gasteiger partial charge in [-0.25, -0.2) is 0 Å². The number of amides is 1. The van der Waals surface area contributed by atoms with Crippen molar-refractivity contribution in [1.82, 2.24) is 0 Å². The number of carbonyl (C=O) groups excluding carboxylic acids is 2. The van der Waals surface area contributed by atoms with Crippen LogP contribution in [-0.4, -0.2) is 23.3 Å². The van der Waals surface area contributed by atoms with Crippen molar-refractivity contribution in [2.75, 3.05) is 5.32 Å². The maximum Gasteiger partial charge on any atom is 0.309 e. The number of nitrogens with one attached hydrogen (secondary N) is 1. The van der Waals surface area contributed by atoms with Crippen molar-refractivity contribution in [3.63, 3.8) is 0 Å². The number of aldehydes is 1. The van der Waals surface area contributed by atoms with Crippen LogP contribution in [0.4, 0.5) is 5.69 Å². The van der Waals surface area contributed by atoms with Crippen molar-refractivity contribution >= 4 is 23.9 Å². The quantitative estimate of drug-likeness (QED) is 0.617. The van der Waals surface area contributed by atoms with E-state index in [-0.39, 0.29) is 17.7 Å². The standard InChI is InChI=1S/C25H27NO4/c27-16-17-8-10-20(11-9-17)22(19-5-1-2-6-19)23(28)26-21-7-3-4-18(14-21)15-25(12-13-25)24(29)30/h3-4,7-11,14,16,19,22H,1-2,5-6,12-13,15H2,(H,26,28)(H,29,30). The van der Waals surface area contributed by atoms with Gasteiger partial charge < -0.3 is 10.4 Å². The first-order valence-electron chi connectivity index (χ1n) is 10.7. The van der Waals surface area contributed by atoms with Crippen LogP contribution in [-0.2, 0) is 16.0 Å². The van der Waals surface area contributed by atoms with Crippen LogP contribution in [0.25, 0.3) is 0 Å². The molecule has 0 bridgehead atoms. The molecule has 0 heterocycles. The smallest absolute Gasteiger partial charge is 0.309 e. The lowest BCUT2D eigenvalue weighted by Gasteiger charge is -2.23. The average Bonchev–Trinajstić information content (AvgIpc) is 3.33. The lowest BCUT2D eigenvalue weighted by atomic mass is 9.83. The van der Waals surface area contributed by atoms with E-state index in [2.05, 4.69) is 5.32 Å². The maximum absolute atomic E-state index is 13.3. The fraction of sp³-hybridized carbons (Fsp3) is 0.400. The fourth-order valence-corrected chi connectivity index (χ4v) is 4.70. The zero-order chi connectivity index (χ0) is 21.1. The lowest BCUT2D eigenvalue weighted by molar-refractivity contribution is -0.143. The highest BCUT2D eigenvalue weighted by atomic mass is 16.4. The number of carbonyl (C=O) groups is 3. The SMILES string of the molecule is O=Cc1ccc(C(C(=O)Nc2cccc(CC3(C(=O)O)CC3)c2)C2CCCC2)cc1. The number of hydrogen-bond donors (Lipinski definition) is 2. The summed E-state index contributed by atoms with van der Waals surface area (Å²) >= 11 is 0. The highest BCUT2D eigenvalue weighted by Gasteiger charge is 2.49. The first-order chi connectivity index (χ1) is 14.5. The van der Waals surface area contributed by atoms with Crippen molar-refractivity contribution in [2.24, 2.45) is 11.3 Å². The second-order valence-electron chi connectivity index (χ2n) is 8.76. The molecule has 2 saturated carbocycles. The van der Waals surface area contributed by atoms with Crippen LogP contribution in [0.15, 0.2) is 48.5 Å². The van der Waals surface area contributed by atoms with E-state index in [1.807, 2.05) is 36.4 Å². The zero-order valence-electron chi connectivity index (χ0n) is 17.0. The van der Waals surface area contributed by atoms with Gasteiger partial charge in [0.25, 0.3) is 0 Å². The summed E-state index contributed by atoms with van der Waals surface area (Å²) in [7, 11) is 0. The number of carboxylic acids is 1. The van der Waals surface area contributed by atoms with Crippen molar-refractivity contribution in [3.8, 4) is 0 Å². The topological polar surface area (TPSA) is 83.5 Å². The summed E-state index contributed by atoms with van der Waals surface area (Å²) in [5.41, 5.74) is 2.54. The Labute approximate surface area is 176 Å². The Morgan fingerprint density at radius 2 is 1.80 bits per heavy atom. The molecule has 1 amide bonds. The maximum atomic E-state index is 13.3. The summed E-state index contributed by atoms with van der Waals surface area (Å²) in [6.07, 6.45) is 7.03. The van der Waals surface area contributed by atoms with Gasteiger partial charge in [-0.15, -0.1) is 0 Å². The molecule has 2 aromatic carbocycles. The van der Waals surface area contributed by atoms with Crippen LogP contribution >= 0.6 is 0 Å². The van der Waals surface area contributed by atoms with Crippen molar-refractivity contribution in [2.45, 2.75) is 50.9 Å². The molecule has 0 radical (unpaired) electrons. The fourth-order valence-electron chi connectivity index (χ4n) is 4.70. The minimum Gasteiger partial charge on any atom is -0.481 e. The molecule has 2 aliphatic carbocycles. The number of benzene rings is 2. The Morgan fingerprint density at radius 1 is 1.10 bits per heavy atom. The van der Waals surface area contributed by atoms with Gasteiger partial charge in [-0.05, 0) is 61.3 Å². The summed E-state index contributed by atoms with van der Waals surface area (Å²) in [4.78, 5) is 35.8. The Morgan fingerprint density at radius 3 is 2.40 bits per heavy atom. The number of anilines is 1. The van der Waals surface area contributed by atoms with Crippen LogP contribution in [0.3, 0.4) is 0 Å². The highest BCUT2D eigenvalue weighted by molar-refractivity contribution is 5.96. The Balaban J connectivity index is 1.53. The number of hydrogen-bond acceptors (Lipinski definition) is 3. The van der Waals surface area contributed by atoms with Crippen LogP contribution in [0.2, 0.25) is 0 Å². The van der Waals surface area contributed by atoms with E-state index in [1.165, 1.54) is 0 Å². The molecule has 5 heteroatoms. The molecule has 2 aromatic rings. The molecule has 30 heavy (non-hydrogen) atoms. The van der Waals surface area contributed by atoms with E-state index in [0.29, 0.717) is 30.5 Å². The van der Waals surface area contributed by atoms with Crippen LogP contribution in [0.5, 0.6) is 0 Å². The van der Waals surface area contributed by atoms with Gasteiger partial charge in [-0.3, -0.25) is 14.4 Å². The number of carboxylic acid groups (broad SMARTS) is 1. The predicted octanol–water partition coefficient (Wildman–Crippen LogP) is 4.82. The molecule has 0 spiro atoms. The first-order valence-corrected chi connectivity index (χ1v) is 10.7. The lowest BCUT2D eigenvalue weighted by Crippen LogP contribution is -2.26. The molecule has 1 atom stereocenters. The van der Waals surface area contributed by atoms with E-state index in [4.69, 9.17) is 0 Å². The number of aliphatic carboxylic acids is 1. The van der Waals surface area contributed by atoms with Crippen LogP contribution < -0.4 is 5.32 Å². The van der Waals surface area contributed by atoms with Gasteiger partial charge in [-0.1, -0.05) is 49.2 Å². The molecule has 0 aliphatic heterocycles. The second kappa shape index (κ2) is 8.42. The summed E-state index contributed by atoms with van der Waals surface area (Å²) in [6, 6.07) is 14.8. The normalized spacial score (nSPS) is 18.5. The molecular weight excluding hydrogens is 378 g/mol. The molecule has 4 rings (SSSR count). The summed E-state index contributed by atoms with van der Waals surface area (Å²) in [5.74, 6) is -0.753. The van der Waals surface area contributed by atoms with Crippen molar-refractivity contribution in [1.29, 1.82) is 0 Å². The third-order valence-corrected chi connectivity index (χ3v) is 6.63. The van der Waals surface area contributed by atoms with Gasteiger partial charge >= 0.3 is 5.97 Å². The van der Waals surface area contributed by atoms with Crippen LogP contribution in [0, 0.1) is 11.3 Å². The summed E-state index contributed by atoms with van der Waals surface area (Å²) in [6.45, 7) is 0. The first kappa shape index (κ1) is 20.3. The van der Waals surface area contributed by atoms with Crippen molar-refractivity contribution < 1.29 is 19.5 Å². The van der Waals surface area contributed by atoms with Gasteiger partial charge in [0.1, 0.15) is 6.29 Å². The van der Waals surface area contributed by atoms with Crippen molar-refractivity contribution in [3.05, 3.63) is 65.2 Å². The van der Waals surface area contributed by atoms with Gasteiger partial charge in [0.05, 0.1) is 11.3 Å². The minimum absolute atomic E-state index is 0.0442. The molecule has 0 aromatic heterocycles. The third kappa shape index (κ3) is 4.30. The second-order valence-corrected chi connectivity index (χ2v) is 8.76. The monoisotopic (exact) mass is 405 g/mol. The molecule has 2 fully saturated rings. The van der Waals surface area contributed by atoms with E-state index in [9.17, 15) is 19.5 Å². The van der Waals surface area contributed by atoms with Gasteiger partial charge in [0.2, 0.25) is 5.91 Å². The van der Waals surface area contributed by atoms with Crippen LogP contribution in [0.1, 0.15) is 65.9 Å². The molecule has 1 unspecified atom stereocenters. The van der Waals surface area contributed by atoms with E-state index in [1.54, 1.807) is 12.1 Å². The van der Waals surface area contributed by atoms with Gasteiger partial charge in [0, 0.05) is 11.3 Å². The van der Waals surface area contributed by atoms with Gasteiger partial charge in [-0.2, -0.15) is 0 Å². The summed E-state index contributed by atoms with van der Waals surface area (Å²) in [5, 5.41) is 12.5. The Bertz CT molecular complexity index is 940. The van der Waals surface area contributed by atoms with E-state index >= 15 is 0 Å². The predicted molar refractivity (Wildman–Crippen MR) is 115 cm³/mol. The third-order valence-electron chi connectivity index (χ3n) is 6.63. The molecule has 156 valence electrons. The molecule has 2 N–H and O–H groups in total. The molecular formula is C25H27NO4. The zero-order valence-corrected chi connectivity index (χ0v) is 17.0. The minimum atomic E-state index is -0.739. The summed E-state index contributed by atoms with van der Waals surface area (Å²) < 4.78 is 0.